The van der Waals surface area contributed by atoms with Crippen molar-refractivity contribution in [1.82, 2.24) is 4.90 Å². The first-order valence-electron chi connectivity index (χ1n) is 7.70. The Kier molecular flexibility index (Phi) is 8.72. The van der Waals surface area contributed by atoms with Gasteiger partial charge in [-0.25, -0.2) is 0 Å². The van der Waals surface area contributed by atoms with Crippen molar-refractivity contribution in [2.75, 3.05) is 26.2 Å². The Labute approximate surface area is 107 Å². The summed E-state index contributed by atoms with van der Waals surface area (Å²) in [7, 11) is 0. The minimum absolute atomic E-state index is 0.371. The predicted molar refractivity (Wildman–Crippen MR) is 74.2 cm³/mol. The number of piperidine rings is 1. The minimum Gasteiger partial charge on any atom is -0.396 e. The standard InChI is InChI=1S/C15H31NO/c1-2-3-4-5-6-7-11-16-12-8-9-15(14-16)10-13-17/h15,17H,2-14H2,1H3. The molecule has 102 valence electrons. The molecule has 1 fully saturated rings. The van der Waals surface area contributed by atoms with Crippen molar-refractivity contribution in [3.8, 4) is 0 Å². The van der Waals surface area contributed by atoms with Crippen LogP contribution in [0.1, 0.15) is 64.7 Å². The second kappa shape index (κ2) is 9.90. The van der Waals surface area contributed by atoms with Gasteiger partial charge in [0.05, 0.1) is 0 Å². The van der Waals surface area contributed by atoms with Gasteiger partial charge in [-0.2, -0.15) is 0 Å². The van der Waals surface area contributed by atoms with Crippen molar-refractivity contribution in [2.24, 2.45) is 5.92 Å². The average molecular weight is 241 g/mol. The molecule has 0 aromatic rings. The highest BCUT2D eigenvalue weighted by Gasteiger charge is 2.18. The van der Waals surface area contributed by atoms with Gasteiger partial charge < -0.3 is 10.0 Å². The summed E-state index contributed by atoms with van der Waals surface area (Å²) in [6.07, 6.45) is 12.0. The molecule has 1 unspecified atom stereocenters. The van der Waals surface area contributed by atoms with E-state index in [9.17, 15) is 0 Å². The van der Waals surface area contributed by atoms with Gasteiger partial charge in [0, 0.05) is 13.2 Å². The third-order valence-electron chi connectivity index (χ3n) is 3.97. The zero-order valence-corrected chi connectivity index (χ0v) is 11.7. The summed E-state index contributed by atoms with van der Waals surface area (Å²) in [6, 6.07) is 0. The molecule has 1 N–H and O–H groups in total. The van der Waals surface area contributed by atoms with Crippen molar-refractivity contribution in [3.05, 3.63) is 0 Å². The monoisotopic (exact) mass is 241 g/mol. The predicted octanol–water partition coefficient (Wildman–Crippen LogP) is 3.44. The summed E-state index contributed by atoms with van der Waals surface area (Å²) in [5, 5.41) is 8.98. The average Bonchev–Trinajstić information content (AvgIpc) is 2.35. The normalized spacial score (nSPS) is 21.9. The molecule has 0 aromatic carbocycles. The quantitative estimate of drug-likeness (QED) is 0.625. The molecule has 0 bridgehead atoms. The molecule has 0 amide bonds. The van der Waals surface area contributed by atoms with Crippen molar-refractivity contribution in [2.45, 2.75) is 64.7 Å². The fraction of sp³-hybridized carbons (Fsp3) is 1.00. The summed E-state index contributed by atoms with van der Waals surface area (Å²) in [5.41, 5.74) is 0. The van der Waals surface area contributed by atoms with Gasteiger partial charge in [0.1, 0.15) is 0 Å². The molecule has 0 radical (unpaired) electrons. The van der Waals surface area contributed by atoms with Gasteiger partial charge >= 0.3 is 0 Å². The largest absolute Gasteiger partial charge is 0.396 e. The number of nitrogens with zero attached hydrogens (tertiary/aromatic N) is 1. The van der Waals surface area contributed by atoms with Crippen molar-refractivity contribution in [3.63, 3.8) is 0 Å². The van der Waals surface area contributed by atoms with Crippen LogP contribution in [0.25, 0.3) is 0 Å². The fourth-order valence-corrected chi connectivity index (χ4v) is 2.89. The van der Waals surface area contributed by atoms with E-state index in [1.807, 2.05) is 0 Å². The molecule has 0 saturated carbocycles. The van der Waals surface area contributed by atoms with Gasteiger partial charge in [0.2, 0.25) is 0 Å². The van der Waals surface area contributed by atoms with E-state index in [1.54, 1.807) is 0 Å². The summed E-state index contributed by atoms with van der Waals surface area (Å²) >= 11 is 0. The molecule has 0 aromatic heterocycles. The fourth-order valence-electron chi connectivity index (χ4n) is 2.89. The van der Waals surface area contributed by atoms with E-state index in [4.69, 9.17) is 5.11 Å². The lowest BCUT2D eigenvalue weighted by Crippen LogP contribution is -2.36. The summed E-state index contributed by atoms with van der Waals surface area (Å²) < 4.78 is 0. The Morgan fingerprint density at radius 1 is 1.12 bits per heavy atom. The van der Waals surface area contributed by atoms with Crippen molar-refractivity contribution in [1.29, 1.82) is 0 Å². The Morgan fingerprint density at radius 3 is 2.65 bits per heavy atom. The lowest BCUT2D eigenvalue weighted by molar-refractivity contribution is 0.146. The maximum absolute atomic E-state index is 8.98. The highest BCUT2D eigenvalue weighted by molar-refractivity contribution is 4.72. The third-order valence-corrected chi connectivity index (χ3v) is 3.97. The molecule has 0 aliphatic carbocycles. The van der Waals surface area contributed by atoms with Crippen LogP contribution in [0.15, 0.2) is 0 Å². The Morgan fingerprint density at radius 2 is 1.88 bits per heavy atom. The van der Waals surface area contributed by atoms with Gasteiger partial charge in [0.25, 0.3) is 0 Å². The maximum atomic E-state index is 8.98. The Balaban J connectivity index is 1.98. The number of hydrogen-bond acceptors (Lipinski definition) is 2. The third kappa shape index (κ3) is 7.05. The molecule has 2 heteroatoms. The molecule has 1 aliphatic rings. The molecule has 17 heavy (non-hydrogen) atoms. The zero-order chi connectivity index (χ0) is 12.3. The highest BCUT2D eigenvalue weighted by atomic mass is 16.3. The number of rotatable bonds is 9. The molecule has 1 atom stereocenters. The van der Waals surface area contributed by atoms with Crippen LogP contribution in [0, 0.1) is 5.92 Å². The van der Waals surface area contributed by atoms with Gasteiger partial charge in [-0.3, -0.25) is 0 Å². The SMILES string of the molecule is CCCCCCCCN1CCCC(CCO)C1. The molecule has 1 saturated heterocycles. The molecule has 2 nitrogen and oxygen atoms in total. The second-order valence-corrected chi connectivity index (χ2v) is 5.59. The summed E-state index contributed by atoms with van der Waals surface area (Å²) in [4.78, 5) is 2.61. The maximum Gasteiger partial charge on any atom is 0.0434 e. The molecule has 1 rings (SSSR count). The number of hydrogen-bond donors (Lipinski definition) is 1. The number of likely N-dealkylation sites (tertiary alicyclic amines) is 1. The van der Waals surface area contributed by atoms with Crippen LogP contribution < -0.4 is 0 Å². The van der Waals surface area contributed by atoms with E-state index in [0.717, 1.165) is 12.3 Å². The van der Waals surface area contributed by atoms with E-state index in [-0.39, 0.29) is 0 Å². The first-order valence-corrected chi connectivity index (χ1v) is 7.70. The van der Waals surface area contributed by atoms with E-state index < -0.39 is 0 Å². The van der Waals surface area contributed by atoms with E-state index in [0.29, 0.717) is 6.61 Å². The van der Waals surface area contributed by atoms with Crippen LogP contribution in [0.5, 0.6) is 0 Å². The van der Waals surface area contributed by atoms with E-state index in [2.05, 4.69) is 11.8 Å². The van der Waals surface area contributed by atoms with Gasteiger partial charge in [-0.15, -0.1) is 0 Å². The minimum atomic E-state index is 0.371. The summed E-state index contributed by atoms with van der Waals surface area (Å²) in [6.45, 7) is 6.45. The summed E-state index contributed by atoms with van der Waals surface area (Å²) in [5.74, 6) is 0.758. The molecular formula is C15H31NO. The van der Waals surface area contributed by atoms with Crippen molar-refractivity contribution >= 4 is 0 Å². The van der Waals surface area contributed by atoms with Gasteiger partial charge in [-0.05, 0) is 44.7 Å². The number of aliphatic hydroxyl groups excluding tert-OH is 1. The van der Waals surface area contributed by atoms with Crippen LogP contribution in [-0.2, 0) is 0 Å². The zero-order valence-electron chi connectivity index (χ0n) is 11.7. The first-order chi connectivity index (χ1) is 8.36. The molecule has 0 spiro atoms. The van der Waals surface area contributed by atoms with E-state index in [1.165, 1.54) is 71.0 Å². The van der Waals surface area contributed by atoms with Crippen LogP contribution >= 0.6 is 0 Å². The van der Waals surface area contributed by atoms with Gasteiger partial charge in [-0.1, -0.05) is 39.0 Å². The Bertz CT molecular complexity index is 170. The molecular weight excluding hydrogens is 210 g/mol. The van der Waals surface area contributed by atoms with Crippen LogP contribution in [-0.4, -0.2) is 36.2 Å². The van der Waals surface area contributed by atoms with Crippen LogP contribution in [0.2, 0.25) is 0 Å². The van der Waals surface area contributed by atoms with Crippen LogP contribution in [0.4, 0.5) is 0 Å². The lowest BCUT2D eigenvalue weighted by atomic mass is 9.95. The Hall–Kier alpha value is -0.0800. The van der Waals surface area contributed by atoms with Gasteiger partial charge in [0.15, 0.2) is 0 Å². The topological polar surface area (TPSA) is 23.5 Å². The van der Waals surface area contributed by atoms with Crippen LogP contribution in [0.3, 0.4) is 0 Å². The molecule has 1 heterocycles. The van der Waals surface area contributed by atoms with E-state index >= 15 is 0 Å². The smallest absolute Gasteiger partial charge is 0.0434 e. The molecule has 1 aliphatic heterocycles. The first kappa shape index (κ1) is 15.0. The number of aliphatic hydroxyl groups is 1. The lowest BCUT2D eigenvalue weighted by Gasteiger charge is -2.32. The van der Waals surface area contributed by atoms with Crippen molar-refractivity contribution < 1.29 is 5.11 Å². The number of unbranched alkanes of at least 4 members (excludes halogenated alkanes) is 5. The highest BCUT2D eigenvalue weighted by Crippen LogP contribution is 2.19. The second-order valence-electron chi connectivity index (χ2n) is 5.59.